The molecule has 9 heteroatoms. The van der Waals surface area contributed by atoms with Crippen LogP contribution in [-0.4, -0.2) is 47.2 Å². The van der Waals surface area contributed by atoms with Crippen LogP contribution in [0.3, 0.4) is 0 Å². The van der Waals surface area contributed by atoms with E-state index in [1.165, 1.54) is 6.26 Å². The third kappa shape index (κ3) is 3.21. The Morgan fingerprint density at radius 1 is 1.21 bits per heavy atom. The van der Waals surface area contributed by atoms with Crippen LogP contribution >= 0.6 is 11.6 Å². The zero-order chi connectivity index (χ0) is 20.2. The standard InChI is InChI=1S/C20H19ClN4O3S/c1-29(26,27)20-15-4-2-3-5-17(15)24(23-20)11-19-22-16-10-13(21)6-7-18(16)25(19)14-8-9-28-12-14/h2-7,10,14H,8-9,11-12H2,1H3. The van der Waals surface area contributed by atoms with E-state index < -0.39 is 9.84 Å². The van der Waals surface area contributed by atoms with E-state index in [0.717, 1.165) is 28.8 Å². The number of benzene rings is 2. The summed E-state index contributed by atoms with van der Waals surface area (Å²) in [5.74, 6) is 0.797. The van der Waals surface area contributed by atoms with Crippen molar-refractivity contribution in [3.63, 3.8) is 0 Å². The third-order valence-corrected chi connectivity index (χ3v) is 6.50. The normalized spacial score (nSPS) is 17.5. The fourth-order valence-electron chi connectivity index (χ4n) is 3.99. The van der Waals surface area contributed by atoms with Gasteiger partial charge in [-0.1, -0.05) is 23.7 Å². The van der Waals surface area contributed by atoms with Crippen molar-refractivity contribution in [1.29, 1.82) is 0 Å². The van der Waals surface area contributed by atoms with Gasteiger partial charge < -0.3 is 9.30 Å². The van der Waals surface area contributed by atoms with Gasteiger partial charge in [-0.2, -0.15) is 5.10 Å². The molecule has 5 rings (SSSR count). The summed E-state index contributed by atoms with van der Waals surface area (Å²) in [6.07, 6.45) is 2.08. The van der Waals surface area contributed by atoms with Crippen molar-refractivity contribution in [1.82, 2.24) is 19.3 Å². The number of halogens is 1. The molecule has 2 aromatic heterocycles. The minimum atomic E-state index is -3.45. The van der Waals surface area contributed by atoms with E-state index in [-0.39, 0.29) is 11.1 Å². The lowest BCUT2D eigenvalue weighted by Gasteiger charge is -2.15. The molecule has 29 heavy (non-hydrogen) atoms. The fourth-order valence-corrected chi connectivity index (χ4v) is 4.98. The zero-order valence-electron chi connectivity index (χ0n) is 15.7. The quantitative estimate of drug-likeness (QED) is 0.495. The first kappa shape index (κ1) is 18.6. The minimum Gasteiger partial charge on any atom is -0.379 e. The van der Waals surface area contributed by atoms with Crippen LogP contribution in [0.5, 0.6) is 0 Å². The summed E-state index contributed by atoms with van der Waals surface area (Å²) in [4.78, 5) is 4.80. The minimum absolute atomic E-state index is 0.0861. The van der Waals surface area contributed by atoms with Crippen LogP contribution < -0.4 is 0 Å². The molecule has 0 N–H and O–H groups in total. The van der Waals surface area contributed by atoms with Crippen LogP contribution in [-0.2, 0) is 21.1 Å². The summed E-state index contributed by atoms with van der Waals surface area (Å²) < 4.78 is 34.0. The predicted molar refractivity (Wildman–Crippen MR) is 111 cm³/mol. The Kier molecular flexibility index (Phi) is 4.38. The number of sulfone groups is 1. The Hall–Kier alpha value is -2.42. The summed E-state index contributed by atoms with van der Waals surface area (Å²) in [5.41, 5.74) is 2.55. The molecule has 2 aromatic carbocycles. The number of rotatable bonds is 4. The maximum absolute atomic E-state index is 12.2. The molecule has 3 heterocycles. The van der Waals surface area contributed by atoms with Crippen molar-refractivity contribution in [2.75, 3.05) is 19.5 Å². The average molecular weight is 431 g/mol. The first-order valence-corrected chi connectivity index (χ1v) is 11.6. The molecule has 0 bridgehead atoms. The highest BCUT2D eigenvalue weighted by molar-refractivity contribution is 7.90. The number of imidazole rings is 1. The maximum Gasteiger partial charge on any atom is 0.195 e. The van der Waals surface area contributed by atoms with Crippen LogP contribution in [0.25, 0.3) is 21.9 Å². The van der Waals surface area contributed by atoms with Gasteiger partial charge in [0.05, 0.1) is 35.7 Å². The molecule has 0 aliphatic carbocycles. The van der Waals surface area contributed by atoms with Gasteiger partial charge in [0.15, 0.2) is 14.9 Å². The molecule has 1 aliphatic heterocycles. The molecule has 1 atom stereocenters. The molecule has 7 nitrogen and oxygen atoms in total. The van der Waals surface area contributed by atoms with Gasteiger partial charge in [0, 0.05) is 23.3 Å². The summed E-state index contributed by atoms with van der Waals surface area (Å²) in [6, 6.07) is 13.2. The molecule has 1 saturated heterocycles. The lowest BCUT2D eigenvalue weighted by atomic mass is 10.2. The smallest absolute Gasteiger partial charge is 0.195 e. The SMILES string of the molecule is CS(=O)(=O)c1nn(Cc2nc3cc(Cl)ccc3n2C2CCOC2)c2ccccc12. The highest BCUT2D eigenvalue weighted by atomic mass is 35.5. The molecule has 4 aromatic rings. The van der Waals surface area contributed by atoms with Crippen molar-refractivity contribution in [3.8, 4) is 0 Å². The highest BCUT2D eigenvalue weighted by Crippen LogP contribution is 2.30. The van der Waals surface area contributed by atoms with E-state index in [1.807, 2.05) is 36.4 Å². The second-order valence-corrected chi connectivity index (χ2v) is 9.67. The van der Waals surface area contributed by atoms with Gasteiger partial charge in [0.25, 0.3) is 0 Å². The largest absolute Gasteiger partial charge is 0.379 e. The van der Waals surface area contributed by atoms with Crippen LogP contribution in [0, 0.1) is 0 Å². The Bertz CT molecular complexity index is 1340. The van der Waals surface area contributed by atoms with Gasteiger partial charge in [-0.05, 0) is 36.8 Å². The van der Waals surface area contributed by atoms with E-state index >= 15 is 0 Å². The summed E-state index contributed by atoms with van der Waals surface area (Å²) >= 11 is 6.17. The van der Waals surface area contributed by atoms with Crippen molar-refractivity contribution >= 4 is 43.4 Å². The predicted octanol–water partition coefficient (Wildman–Crippen LogP) is 3.45. The lowest BCUT2D eigenvalue weighted by molar-refractivity contribution is 0.186. The first-order valence-electron chi connectivity index (χ1n) is 9.31. The average Bonchev–Trinajstić information content (AvgIpc) is 3.38. The van der Waals surface area contributed by atoms with Gasteiger partial charge in [0.2, 0.25) is 0 Å². The van der Waals surface area contributed by atoms with Crippen molar-refractivity contribution < 1.29 is 13.2 Å². The molecule has 1 fully saturated rings. The van der Waals surface area contributed by atoms with Gasteiger partial charge in [-0.25, -0.2) is 13.4 Å². The van der Waals surface area contributed by atoms with E-state index in [1.54, 1.807) is 10.7 Å². The third-order valence-electron chi connectivity index (χ3n) is 5.26. The van der Waals surface area contributed by atoms with E-state index in [2.05, 4.69) is 9.67 Å². The molecule has 1 unspecified atom stereocenters. The van der Waals surface area contributed by atoms with Crippen LogP contribution in [0.1, 0.15) is 18.3 Å². The number of aromatic nitrogens is 4. The molecular formula is C20H19ClN4O3S. The van der Waals surface area contributed by atoms with Gasteiger partial charge >= 0.3 is 0 Å². The van der Waals surface area contributed by atoms with E-state index in [9.17, 15) is 8.42 Å². The molecule has 0 spiro atoms. The number of ether oxygens (including phenoxy) is 1. The van der Waals surface area contributed by atoms with Crippen LogP contribution in [0.15, 0.2) is 47.5 Å². The van der Waals surface area contributed by atoms with Crippen molar-refractivity contribution in [2.45, 2.75) is 24.0 Å². The van der Waals surface area contributed by atoms with Gasteiger partial charge in [0.1, 0.15) is 5.82 Å². The number of para-hydroxylation sites is 1. The van der Waals surface area contributed by atoms with E-state index in [4.69, 9.17) is 21.3 Å². The second kappa shape index (κ2) is 6.83. The van der Waals surface area contributed by atoms with Crippen molar-refractivity contribution in [2.24, 2.45) is 0 Å². The second-order valence-electron chi connectivity index (χ2n) is 7.30. The Morgan fingerprint density at radius 2 is 2.03 bits per heavy atom. The lowest BCUT2D eigenvalue weighted by Crippen LogP contribution is -2.15. The van der Waals surface area contributed by atoms with Gasteiger partial charge in [-0.3, -0.25) is 4.68 Å². The monoisotopic (exact) mass is 430 g/mol. The fraction of sp³-hybridized carbons (Fsp3) is 0.300. The molecule has 0 amide bonds. The Morgan fingerprint density at radius 3 is 2.79 bits per heavy atom. The van der Waals surface area contributed by atoms with Crippen LogP contribution in [0.2, 0.25) is 5.02 Å². The molecular weight excluding hydrogens is 412 g/mol. The summed E-state index contributed by atoms with van der Waals surface area (Å²) in [6.45, 7) is 1.68. The highest BCUT2D eigenvalue weighted by Gasteiger charge is 2.25. The van der Waals surface area contributed by atoms with Gasteiger partial charge in [-0.15, -0.1) is 0 Å². The maximum atomic E-state index is 12.2. The molecule has 1 aliphatic rings. The van der Waals surface area contributed by atoms with Crippen LogP contribution in [0.4, 0.5) is 0 Å². The first-order chi connectivity index (χ1) is 13.9. The van der Waals surface area contributed by atoms with E-state index in [0.29, 0.717) is 30.2 Å². The molecule has 0 radical (unpaired) electrons. The number of nitrogens with zero attached hydrogens (tertiary/aromatic N) is 4. The Labute approximate surface area is 172 Å². The molecule has 0 saturated carbocycles. The summed E-state index contributed by atoms with van der Waals surface area (Å²) in [5, 5.41) is 5.76. The Balaban J connectivity index is 1.69. The zero-order valence-corrected chi connectivity index (χ0v) is 17.3. The molecule has 150 valence electrons. The summed E-state index contributed by atoms with van der Waals surface area (Å²) in [7, 11) is -3.45. The topological polar surface area (TPSA) is 79.0 Å². The number of hydrogen-bond donors (Lipinski definition) is 0. The number of hydrogen-bond acceptors (Lipinski definition) is 5. The number of fused-ring (bicyclic) bond motifs is 2. The van der Waals surface area contributed by atoms with Crippen molar-refractivity contribution in [3.05, 3.63) is 53.3 Å².